The van der Waals surface area contributed by atoms with Gasteiger partial charge < -0.3 is 10.0 Å². The molecule has 0 aliphatic rings. The molecule has 0 fully saturated rings. The van der Waals surface area contributed by atoms with E-state index in [1.165, 1.54) is 10.6 Å². The van der Waals surface area contributed by atoms with Crippen molar-refractivity contribution in [3.05, 3.63) is 45.3 Å². The number of allylic oxidation sites excluding steroid dienone is 1. The number of aromatic hydroxyl groups is 1. The highest BCUT2D eigenvalue weighted by atomic mass is 32.1. The molecule has 96 valence electrons. The maximum Gasteiger partial charge on any atom is 0.263 e. The van der Waals surface area contributed by atoms with Gasteiger partial charge in [-0.05, 0) is 18.3 Å². The zero-order valence-corrected chi connectivity index (χ0v) is 11.1. The van der Waals surface area contributed by atoms with E-state index in [-0.39, 0.29) is 16.2 Å². The summed E-state index contributed by atoms with van der Waals surface area (Å²) in [4.78, 5) is 15.9. The first-order chi connectivity index (χ1) is 8.47. The molecule has 5 nitrogen and oxygen atoms in total. The van der Waals surface area contributed by atoms with Gasteiger partial charge in [-0.2, -0.15) is 0 Å². The standard InChI is InChI=1S/C12H15N3O2S/c1-4-7-15-11(17)9(6-5-8-14(2)3)10(16)13-12(15)18/h4,6,8,17H,1,7H2,2-3H3,(H,13,16,18). The minimum absolute atomic E-state index is 0.114. The van der Waals surface area contributed by atoms with Gasteiger partial charge in [-0.15, -0.1) is 12.3 Å². The normalized spacial score (nSPS) is 9.44. The van der Waals surface area contributed by atoms with Crippen molar-refractivity contribution in [1.82, 2.24) is 14.5 Å². The molecule has 0 saturated heterocycles. The van der Waals surface area contributed by atoms with Crippen LogP contribution < -0.4 is 5.56 Å². The van der Waals surface area contributed by atoms with E-state index < -0.39 is 5.56 Å². The van der Waals surface area contributed by atoms with Crippen molar-refractivity contribution in [2.45, 2.75) is 6.54 Å². The van der Waals surface area contributed by atoms with E-state index in [9.17, 15) is 9.90 Å². The molecule has 0 unspecified atom stereocenters. The molecule has 0 atom stereocenters. The first-order valence-corrected chi connectivity index (χ1v) is 5.64. The maximum atomic E-state index is 11.7. The fourth-order valence-corrected chi connectivity index (χ4v) is 1.53. The van der Waals surface area contributed by atoms with Crippen LogP contribution in [0.3, 0.4) is 0 Å². The summed E-state index contributed by atoms with van der Waals surface area (Å²) in [5.41, 5.74) is 2.46. The van der Waals surface area contributed by atoms with Gasteiger partial charge >= 0.3 is 0 Å². The number of hydrogen-bond acceptors (Lipinski definition) is 4. The summed E-state index contributed by atoms with van der Waals surface area (Å²) < 4.78 is 1.54. The average molecular weight is 265 g/mol. The topological polar surface area (TPSA) is 61.3 Å². The minimum atomic E-state index is -0.447. The Bertz CT molecular complexity index is 619. The summed E-state index contributed by atoms with van der Waals surface area (Å²) in [5.74, 6) is -0.191. The SMILES string of the molecule is C=CCn1c(O)c(C=C=CN(C)C)c(=O)[nH]c1=S. The number of rotatable bonds is 4. The zero-order chi connectivity index (χ0) is 13.7. The third kappa shape index (κ3) is 3.23. The van der Waals surface area contributed by atoms with Crippen molar-refractivity contribution >= 4 is 18.3 Å². The molecule has 0 aromatic carbocycles. The van der Waals surface area contributed by atoms with E-state index in [2.05, 4.69) is 17.3 Å². The molecule has 0 aliphatic heterocycles. The van der Waals surface area contributed by atoms with Gasteiger partial charge in [-0.25, -0.2) is 0 Å². The Morgan fingerprint density at radius 3 is 2.83 bits per heavy atom. The molecular weight excluding hydrogens is 250 g/mol. The van der Waals surface area contributed by atoms with Crippen LogP contribution in [0, 0.1) is 4.77 Å². The van der Waals surface area contributed by atoms with Gasteiger partial charge in [0.15, 0.2) is 4.77 Å². The van der Waals surface area contributed by atoms with E-state index in [0.29, 0.717) is 6.54 Å². The highest BCUT2D eigenvalue weighted by Gasteiger charge is 2.08. The number of nitrogens with zero attached hydrogens (tertiary/aromatic N) is 2. The van der Waals surface area contributed by atoms with E-state index in [1.54, 1.807) is 17.2 Å². The first-order valence-electron chi connectivity index (χ1n) is 5.23. The van der Waals surface area contributed by atoms with Gasteiger partial charge in [0.1, 0.15) is 5.56 Å². The largest absolute Gasteiger partial charge is 0.494 e. The highest BCUT2D eigenvalue weighted by molar-refractivity contribution is 7.71. The summed E-state index contributed by atoms with van der Waals surface area (Å²) in [6.45, 7) is 3.89. The summed E-state index contributed by atoms with van der Waals surface area (Å²) in [5, 5.41) is 9.98. The zero-order valence-electron chi connectivity index (χ0n) is 10.3. The van der Waals surface area contributed by atoms with Crippen molar-refractivity contribution < 1.29 is 5.11 Å². The minimum Gasteiger partial charge on any atom is -0.494 e. The van der Waals surface area contributed by atoms with Gasteiger partial charge in [-0.1, -0.05) is 6.08 Å². The van der Waals surface area contributed by atoms with Crippen LogP contribution in [0.25, 0.3) is 6.08 Å². The molecule has 0 bridgehead atoms. The molecule has 1 rings (SSSR count). The number of aromatic amines is 1. The number of aromatic nitrogens is 2. The molecule has 1 aromatic rings. The first kappa shape index (κ1) is 14.0. The van der Waals surface area contributed by atoms with Gasteiger partial charge in [0.25, 0.3) is 5.56 Å². The number of H-pyrrole nitrogens is 1. The van der Waals surface area contributed by atoms with Gasteiger partial charge in [0.2, 0.25) is 5.88 Å². The Balaban J connectivity index is 3.41. The van der Waals surface area contributed by atoms with Crippen LogP contribution in [0.4, 0.5) is 0 Å². The molecular formula is C12H15N3O2S. The van der Waals surface area contributed by atoms with Crippen molar-refractivity contribution in [1.29, 1.82) is 0 Å². The molecule has 0 amide bonds. The molecule has 0 aliphatic carbocycles. The predicted octanol–water partition coefficient (Wildman–Crippen LogP) is 1.48. The lowest BCUT2D eigenvalue weighted by Crippen LogP contribution is -2.16. The lowest BCUT2D eigenvalue weighted by atomic mass is 10.3. The second kappa shape index (κ2) is 6.05. The second-order valence-corrected chi connectivity index (χ2v) is 4.19. The molecule has 1 heterocycles. The van der Waals surface area contributed by atoms with E-state index in [4.69, 9.17) is 12.2 Å². The second-order valence-electron chi connectivity index (χ2n) is 3.80. The number of hydrogen-bond donors (Lipinski definition) is 2. The van der Waals surface area contributed by atoms with Crippen LogP contribution in [0.5, 0.6) is 5.88 Å². The highest BCUT2D eigenvalue weighted by Crippen LogP contribution is 2.14. The van der Waals surface area contributed by atoms with Crippen LogP contribution in [0.1, 0.15) is 5.56 Å². The van der Waals surface area contributed by atoms with E-state index in [0.717, 1.165) is 0 Å². The molecule has 1 aromatic heterocycles. The van der Waals surface area contributed by atoms with Gasteiger partial charge in [0.05, 0.1) is 0 Å². The molecule has 0 saturated carbocycles. The maximum absolute atomic E-state index is 11.7. The Labute approximate surface area is 110 Å². The lowest BCUT2D eigenvalue weighted by molar-refractivity contribution is 0.412. The Morgan fingerprint density at radius 2 is 2.28 bits per heavy atom. The van der Waals surface area contributed by atoms with Crippen LogP contribution in [0.2, 0.25) is 0 Å². The monoisotopic (exact) mass is 265 g/mol. The van der Waals surface area contributed by atoms with Crippen molar-refractivity contribution in [2.75, 3.05) is 14.1 Å². The molecule has 2 N–H and O–H groups in total. The van der Waals surface area contributed by atoms with E-state index in [1.807, 2.05) is 14.1 Å². The van der Waals surface area contributed by atoms with Crippen LogP contribution in [-0.2, 0) is 6.54 Å². The summed E-state index contributed by atoms with van der Waals surface area (Å²) in [6.07, 6.45) is 4.62. The fraction of sp³-hybridized carbons (Fsp3) is 0.250. The van der Waals surface area contributed by atoms with Crippen molar-refractivity contribution in [3.63, 3.8) is 0 Å². The Hall–Kier alpha value is -2.04. The molecule has 0 radical (unpaired) electrons. The average Bonchev–Trinajstić information content (AvgIpc) is 2.28. The van der Waals surface area contributed by atoms with E-state index >= 15 is 0 Å². The third-order valence-electron chi connectivity index (χ3n) is 2.08. The summed E-state index contributed by atoms with van der Waals surface area (Å²) in [7, 11) is 3.66. The smallest absolute Gasteiger partial charge is 0.263 e. The van der Waals surface area contributed by atoms with Crippen LogP contribution >= 0.6 is 12.2 Å². The van der Waals surface area contributed by atoms with Crippen LogP contribution in [-0.4, -0.2) is 33.7 Å². The Kier molecular flexibility index (Phi) is 4.71. The lowest BCUT2D eigenvalue weighted by Gasteiger charge is -2.08. The molecule has 0 spiro atoms. The number of nitrogens with one attached hydrogen (secondary N) is 1. The molecule has 6 heteroatoms. The summed E-state index contributed by atoms with van der Waals surface area (Å²) in [6, 6.07) is 0. The van der Waals surface area contributed by atoms with Crippen molar-refractivity contribution in [3.8, 4) is 5.88 Å². The van der Waals surface area contributed by atoms with Crippen LogP contribution in [0.15, 0.2) is 29.4 Å². The summed E-state index contributed by atoms with van der Waals surface area (Å²) >= 11 is 4.96. The fourth-order valence-electron chi connectivity index (χ4n) is 1.27. The molecule has 18 heavy (non-hydrogen) atoms. The predicted molar refractivity (Wildman–Crippen MR) is 74.0 cm³/mol. The third-order valence-corrected chi connectivity index (χ3v) is 2.40. The van der Waals surface area contributed by atoms with Gasteiger partial charge in [0, 0.05) is 26.8 Å². The van der Waals surface area contributed by atoms with Gasteiger partial charge in [-0.3, -0.25) is 14.3 Å². The quantitative estimate of drug-likeness (QED) is 0.492. The Morgan fingerprint density at radius 1 is 1.61 bits per heavy atom. The van der Waals surface area contributed by atoms with Crippen molar-refractivity contribution in [2.24, 2.45) is 0 Å².